The van der Waals surface area contributed by atoms with E-state index in [0.29, 0.717) is 16.6 Å². The summed E-state index contributed by atoms with van der Waals surface area (Å²) in [6, 6.07) is 0.618. The third-order valence-electron chi connectivity index (χ3n) is 4.99. The minimum atomic E-state index is 0.0656. The van der Waals surface area contributed by atoms with E-state index in [-0.39, 0.29) is 11.9 Å². The number of ether oxygens (including phenoxy) is 1. The van der Waals surface area contributed by atoms with Gasteiger partial charge < -0.3 is 9.64 Å². The first-order valence-electron chi connectivity index (χ1n) is 8.59. The molecule has 7 nitrogen and oxygen atoms in total. The Labute approximate surface area is 150 Å². The van der Waals surface area contributed by atoms with E-state index in [2.05, 4.69) is 26.8 Å². The molecule has 1 amide bonds. The monoisotopic (exact) mass is 359 g/mol. The Morgan fingerprint density at radius 2 is 2.04 bits per heavy atom. The van der Waals surface area contributed by atoms with E-state index in [1.807, 2.05) is 4.90 Å². The number of likely N-dealkylation sites (tertiary alicyclic amines) is 1. The Balaban J connectivity index is 1.47. The van der Waals surface area contributed by atoms with Crippen LogP contribution in [0.1, 0.15) is 23.0 Å². The predicted octanol–water partition coefficient (Wildman–Crippen LogP) is 1.54. The highest BCUT2D eigenvalue weighted by Gasteiger charge is 2.38. The normalized spacial score (nSPS) is 24.6. The van der Waals surface area contributed by atoms with Crippen LogP contribution in [0.25, 0.3) is 10.7 Å². The summed E-state index contributed by atoms with van der Waals surface area (Å²) in [6.45, 7) is 6.42. The number of morpholine rings is 1. The molecule has 0 saturated carbocycles. The second-order valence-corrected chi connectivity index (χ2v) is 7.39. The number of amides is 1. The number of nitrogens with zero attached hydrogens (tertiary/aromatic N) is 5. The summed E-state index contributed by atoms with van der Waals surface area (Å²) in [5, 5.41) is 0.730. The smallest absolute Gasteiger partial charge is 0.265 e. The van der Waals surface area contributed by atoms with Crippen LogP contribution in [0.2, 0.25) is 0 Å². The van der Waals surface area contributed by atoms with Crippen molar-refractivity contribution in [1.29, 1.82) is 0 Å². The number of aromatic nitrogens is 3. The molecule has 2 saturated heterocycles. The summed E-state index contributed by atoms with van der Waals surface area (Å²) in [5.74, 6) is 0.0656. The molecule has 0 radical (unpaired) electrons. The van der Waals surface area contributed by atoms with Crippen molar-refractivity contribution in [2.24, 2.45) is 0 Å². The molecule has 8 heteroatoms. The van der Waals surface area contributed by atoms with Crippen LogP contribution in [0, 0.1) is 0 Å². The van der Waals surface area contributed by atoms with Crippen LogP contribution in [-0.4, -0.2) is 75.6 Å². The Morgan fingerprint density at radius 1 is 1.20 bits per heavy atom. The summed E-state index contributed by atoms with van der Waals surface area (Å²) in [4.78, 5) is 30.7. The van der Waals surface area contributed by atoms with Crippen molar-refractivity contribution in [3.63, 3.8) is 0 Å². The minimum Gasteiger partial charge on any atom is -0.379 e. The van der Waals surface area contributed by atoms with E-state index in [1.165, 1.54) is 11.3 Å². The molecule has 2 aromatic rings. The molecule has 0 unspecified atom stereocenters. The van der Waals surface area contributed by atoms with Crippen LogP contribution in [0.3, 0.4) is 0 Å². The lowest BCUT2D eigenvalue weighted by molar-refractivity contribution is 0.0105. The van der Waals surface area contributed by atoms with Gasteiger partial charge >= 0.3 is 0 Å². The standard InChI is InChI=1S/C17H21N5O2S/c1-12-14(21-6-8-24-9-7-21)2-5-22(12)17(23)15-11-20-16(25-15)13-10-18-3-4-19-13/h3-4,10-12,14H,2,5-9H2,1H3/t12-,14-/m1/s1. The third kappa shape index (κ3) is 3.29. The molecule has 0 N–H and O–H groups in total. The van der Waals surface area contributed by atoms with Gasteiger partial charge in [-0.1, -0.05) is 0 Å². The Bertz CT molecular complexity index is 732. The fourth-order valence-electron chi connectivity index (χ4n) is 3.65. The number of rotatable bonds is 3. The Kier molecular flexibility index (Phi) is 4.74. The number of carbonyl (C=O) groups is 1. The molecular formula is C17H21N5O2S. The first kappa shape index (κ1) is 16.6. The summed E-state index contributed by atoms with van der Waals surface area (Å²) >= 11 is 1.38. The second-order valence-electron chi connectivity index (χ2n) is 6.36. The molecule has 0 spiro atoms. The zero-order valence-electron chi connectivity index (χ0n) is 14.2. The maximum Gasteiger partial charge on any atom is 0.265 e. The van der Waals surface area contributed by atoms with Crippen molar-refractivity contribution in [1.82, 2.24) is 24.8 Å². The van der Waals surface area contributed by atoms with Gasteiger partial charge in [0, 0.05) is 44.1 Å². The average Bonchev–Trinajstić information content (AvgIpc) is 3.30. The molecule has 25 heavy (non-hydrogen) atoms. The summed E-state index contributed by atoms with van der Waals surface area (Å²) < 4.78 is 5.44. The first-order valence-corrected chi connectivity index (χ1v) is 9.40. The fraction of sp³-hybridized carbons (Fsp3) is 0.529. The molecule has 0 bridgehead atoms. The van der Waals surface area contributed by atoms with Gasteiger partial charge in [0.05, 0.1) is 25.6 Å². The molecule has 2 aliphatic heterocycles. The van der Waals surface area contributed by atoms with Gasteiger partial charge in [-0.05, 0) is 13.3 Å². The zero-order chi connectivity index (χ0) is 17.2. The lowest BCUT2D eigenvalue weighted by Gasteiger charge is -2.35. The van der Waals surface area contributed by atoms with E-state index in [4.69, 9.17) is 4.74 Å². The van der Waals surface area contributed by atoms with E-state index in [0.717, 1.165) is 44.3 Å². The molecule has 2 fully saturated rings. The molecule has 0 aliphatic carbocycles. The minimum absolute atomic E-state index is 0.0656. The number of carbonyl (C=O) groups excluding carboxylic acids is 1. The summed E-state index contributed by atoms with van der Waals surface area (Å²) in [7, 11) is 0. The first-order chi connectivity index (χ1) is 12.2. The van der Waals surface area contributed by atoms with Crippen LogP contribution >= 0.6 is 11.3 Å². The lowest BCUT2D eigenvalue weighted by atomic mass is 10.1. The molecule has 4 heterocycles. The third-order valence-corrected chi connectivity index (χ3v) is 6.00. The Hall–Kier alpha value is -1.90. The average molecular weight is 359 g/mol. The molecule has 2 aliphatic rings. The van der Waals surface area contributed by atoms with Crippen LogP contribution in [0.4, 0.5) is 0 Å². The predicted molar refractivity (Wildman–Crippen MR) is 94.4 cm³/mol. The van der Waals surface area contributed by atoms with E-state index < -0.39 is 0 Å². The van der Waals surface area contributed by atoms with Crippen LogP contribution in [0.5, 0.6) is 0 Å². The molecule has 0 aromatic carbocycles. The van der Waals surface area contributed by atoms with E-state index >= 15 is 0 Å². The molecule has 4 rings (SSSR count). The van der Waals surface area contributed by atoms with Gasteiger partial charge in [0.15, 0.2) is 0 Å². The quantitative estimate of drug-likeness (QED) is 0.828. The lowest BCUT2D eigenvalue weighted by Crippen LogP contribution is -2.49. The second kappa shape index (κ2) is 7.15. The van der Waals surface area contributed by atoms with Gasteiger partial charge in [-0.2, -0.15) is 0 Å². The van der Waals surface area contributed by atoms with Crippen molar-refractivity contribution >= 4 is 17.2 Å². The van der Waals surface area contributed by atoms with E-state index in [1.54, 1.807) is 24.8 Å². The van der Waals surface area contributed by atoms with Gasteiger partial charge in [-0.25, -0.2) is 4.98 Å². The number of thiazole rings is 1. The Morgan fingerprint density at radius 3 is 2.80 bits per heavy atom. The van der Waals surface area contributed by atoms with Crippen molar-refractivity contribution in [3.8, 4) is 10.7 Å². The van der Waals surface area contributed by atoms with Gasteiger partial charge in [0.1, 0.15) is 15.6 Å². The number of hydrogen-bond acceptors (Lipinski definition) is 7. The molecule has 2 atom stereocenters. The fourth-order valence-corrected chi connectivity index (χ4v) is 4.48. The molecule has 2 aromatic heterocycles. The zero-order valence-corrected chi connectivity index (χ0v) is 15.0. The largest absolute Gasteiger partial charge is 0.379 e. The van der Waals surface area contributed by atoms with Crippen molar-refractivity contribution in [2.75, 3.05) is 32.8 Å². The van der Waals surface area contributed by atoms with E-state index in [9.17, 15) is 4.79 Å². The number of hydrogen-bond donors (Lipinski definition) is 0. The highest BCUT2D eigenvalue weighted by Crippen LogP contribution is 2.29. The van der Waals surface area contributed by atoms with Gasteiger partial charge in [-0.15, -0.1) is 11.3 Å². The van der Waals surface area contributed by atoms with Crippen molar-refractivity contribution < 1.29 is 9.53 Å². The van der Waals surface area contributed by atoms with Crippen molar-refractivity contribution in [2.45, 2.75) is 25.4 Å². The molecule has 132 valence electrons. The topological polar surface area (TPSA) is 71.5 Å². The van der Waals surface area contributed by atoms with Gasteiger partial charge in [-0.3, -0.25) is 19.7 Å². The van der Waals surface area contributed by atoms with Gasteiger partial charge in [0.25, 0.3) is 5.91 Å². The highest BCUT2D eigenvalue weighted by molar-refractivity contribution is 7.16. The van der Waals surface area contributed by atoms with Crippen LogP contribution in [-0.2, 0) is 4.74 Å². The molecular weight excluding hydrogens is 338 g/mol. The maximum atomic E-state index is 12.9. The maximum absolute atomic E-state index is 12.9. The highest BCUT2D eigenvalue weighted by atomic mass is 32.1. The summed E-state index contributed by atoms with van der Waals surface area (Å²) in [6.07, 6.45) is 7.60. The van der Waals surface area contributed by atoms with Crippen LogP contribution in [0.15, 0.2) is 24.8 Å². The SMILES string of the molecule is C[C@@H]1[C@H](N2CCOCC2)CCN1C(=O)c1cnc(-c2cnccn2)s1. The summed E-state index contributed by atoms with van der Waals surface area (Å²) in [5.41, 5.74) is 0.701. The van der Waals surface area contributed by atoms with Crippen molar-refractivity contribution in [3.05, 3.63) is 29.7 Å². The van der Waals surface area contributed by atoms with Crippen LogP contribution < -0.4 is 0 Å². The van der Waals surface area contributed by atoms with Gasteiger partial charge in [0.2, 0.25) is 0 Å².